The summed E-state index contributed by atoms with van der Waals surface area (Å²) in [5, 5.41) is 4.47. The van der Waals surface area contributed by atoms with Crippen molar-refractivity contribution in [2.75, 3.05) is 32.8 Å². The minimum atomic E-state index is -0.259. The predicted octanol–water partition coefficient (Wildman–Crippen LogP) is 0.995. The SMILES string of the molecule is Cc1c(Cl)cccc1CN1C(CN)NC(=O)C2SC(N3CCOCC3)=NC21. The number of amidine groups is 1. The topological polar surface area (TPSA) is 83.2 Å². The van der Waals surface area contributed by atoms with Crippen LogP contribution < -0.4 is 11.1 Å². The van der Waals surface area contributed by atoms with Crippen molar-refractivity contribution in [3.05, 3.63) is 34.3 Å². The van der Waals surface area contributed by atoms with Gasteiger partial charge in [-0.1, -0.05) is 35.5 Å². The normalized spacial score (nSPS) is 28.7. The molecular weight excluding hydrogens is 386 g/mol. The Morgan fingerprint density at radius 2 is 2.19 bits per heavy atom. The molecule has 4 rings (SSSR count). The number of nitrogens with zero attached hydrogens (tertiary/aromatic N) is 3. The molecule has 1 aromatic rings. The molecule has 0 spiro atoms. The number of ether oxygens (including phenoxy) is 1. The number of nitrogens with one attached hydrogen (secondary N) is 1. The summed E-state index contributed by atoms with van der Waals surface area (Å²) in [6.07, 6.45) is -0.473. The van der Waals surface area contributed by atoms with E-state index in [2.05, 4.69) is 21.2 Å². The number of carbonyl (C=O) groups is 1. The summed E-state index contributed by atoms with van der Waals surface area (Å²) in [5.41, 5.74) is 8.14. The van der Waals surface area contributed by atoms with Gasteiger partial charge in [-0.05, 0) is 24.1 Å². The van der Waals surface area contributed by atoms with E-state index in [4.69, 9.17) is 27.1 Å². The first-order chi connectivity index (χ1) is 13.1. The van der Waals surface area contributed by atoms with Gasteiger partial charge in [-0.2, -0.15) is 0 Å². The average molecular weight is 410 g/mol. The predicted molar refractivity (Wildman–Crippen MR) is 108 cm³/mol. The third-order valence-corrected chi connectivity index (χ3v) is 6.99. The van der Waals surface area contributed by atoms with Gasteiger partial charge in [0.15, 0.2) is 5.17 Å². The number of hydrogen-bond donors (Lipinski definition) is 2. The van der Waals surface area contributed by atoms with Gasteiger partial charge in [0.1, 0.15) is 11.4 Å². The summed E-state index contributed by atoms with van der Waals surface area (Å²) >= 11 is 7.84. The minimum Gasteiger partial charge on any atom is -0.378 e. The fourth-order valence-corrected chi connectivity index (χ4v) is 5.10. The zero-order valence-electron chi connectivity index (χ0n) is 15.2. The van der Waals surface area contributed by atoms with E-state index in [1.165, 1.54) is 0 Å². The van der Waals surface area contributed by atoms with Gasteiger partial charge in [-0.25, -0.2) is 4.99 Å². The molecule has 2 fully saturated rings. The molecular formula is C18H24ClN5O2S. The summed E-state index contributed by atoms with van der Waals surface area (Å²) in [6.45, 7) is 5.98. The lowest BCUT2D eigenvalue weighted by atomic mass is 10.1. The van der Waals surface area contributed by atoms with Gasteiger partial charge >= 0.3 is 0 Å². The number of nitrogens with two attached hydrogens (primary N) is 1. The van der Waals surface area contributed by atoms with Gasteiger partial charge in [0.05, 0.1) is 19.4 Å². The zero-order chi connectivity index (χ0) is 19.0. The second-order valence-corrected chi connectivity index (χ2v) is 8.44. The molecule has 3 N–H and O–H groups in total. The number of hydrogen-bond acceptors (Lipinski definition) is 7. The highest BCUT2D eigenvalue weighted by molar-refractivity contribution is 8.15. The lowest BCUT2D eigenvalue weighted by Gasteiger charge is -2.41. The smallest absolute Gasteiger partial charge is 0.238 e. The van der Waals surface area contributed by atoms with E-state index in [0.717, 1.165) is 34.4 Å². The van der Waals surface area contributed by atoms with Gasteiger partial charge in [-0.3, -0.25) is 9.69 Å². The number of amides is 1. The van der Waals surface area contributed by atoms with Crippen LogP contribution >= 0.6 is 23.4 Å². The third-order valence-electron chi connectivity index (χ3n) is 5.29. The van der Waals surface area contributed by atoms with Crippen molar-refractivity contribution in [2.24, 2.45) is 10.7 Å². The van der Waals surface area contributed by atoms with Gasteiger partial charge in [0.2, 0.25) is 5.91 Å². The summed E-state index contributed by atoms with van der Waals surface area (Å²) in [4.78, 5) is 22.0. The standard InChI is InChI=1S/C18H24ClN5O2S/c1-11-12(3-2-4-13(11)19)10-24-14(9-20)21-17(25)15-16(24)22-18(27-15)23-5-7-26-8-6-23/h2-4,14-16H,5-10,20H2,1H3,(H,21,25). The van der Waals surface area contributed by atoms with Crippen molar-refractivity contribution in [1.29, 1.82) is 0 Å². The molecule has 1 amide bonds. The van der Waals surface area contributed by atoms with Crippen LogP contribution in [0.2, 0.25) is 5.02 Å². The fraction of sp³-hybridized carbons (Fsp3) is 0.556. The molecule has 27 heavy (non-hydrogen) atoms. The molecule has 3 aliphatic rings. The van der Waals surface area contributed by atoms with Crippen molar-refractivity contribution in [3.8, 4) is 0 Å². The molecule has 7 nitrogen and oxygen atoms in total. The highest BCUT2D eigenvalue weighted by Gasteiger charge is 2.47. The maximum absolute atomic E-state index is 12.6. The van der Waals surface area contributed by atoms with E-state index in [-0.39, 0.29) is 23.5 Å². The van der Waals surface area contributed by atoms with Crippen molar-refractivity contribution >= 4 is 34.4 Å². The van der Waals surface area contributed by atoms with E-state index in [1.54, 1.807) is 11.8 Å². The fourth-order valence-electron chi connectivity index (χ4n) is 3.67. The van der Waals surface area contributed by atoms with Gasteiger partial charge < -0.3 is 20.7 Å². The lowest BCUT2D eigenvalue weighted by molar-refractivity contribution is -0.128. The Kier molecular flexibility index (Phi) is 5.61. The molecule has 3 heterocycles. The van der Waals surface area contributed by atoms with Crippen LogP contribution in [0.5, 0.6) is 0 Å². The van der Waals surface area contributed by atoms with Crippen LogP contribution in [0.25, 0.3) is 0 Å². The number of morpholine rings is 1. The number of fused-ring (bicyclic) bond motifs is 1. The molecule has 0 aliphatic carbocycles. The molecule has 3 atom stereocenters. The molecule has 0 saturated carbocycles. The highest BCUT2D eigenvalue weighted by atomic mass is 35.5. The largest absolute Gasteiger partial charge is 0.378 e. The van der Waals surface area contributed by atoms with Crippen LogP contribution in [0, 0.1) is 6.92 Å². The molecule has 3 aliphatic heterocycles. The van der Waals surface area contributed by atoms with E-state index in [1.807, 2.05) is 19.1 Å². The van der Waals surface area contributed by atoms with Crippen LogP contribution in [0.1, 0.15) is 11.1 Å². The molecule has 0 aromatic heterocycles. The third kappa shape index (κ3) is 3.69. The number of rotatable bonds is 3. The number of carbonyl (C=O) groups excluding carboxylic acids is 1. The number of benzene rings is 1. The first kappa shape index (κ1) is 19.0. The van der Waals surface area contributed by atoms with Crippen LogP contribution in [-0.2, 0) is 16.1 Å². The van der Waals surface area contributed by atoms with Crippen LogP contribution in [0.3, 0.4) is 0 Å². The first-order valence-corrected chi connectivity index (χ1v) is 10.4. The molecule has 2 saturated heterocycles. The number of thioether (sulfide) groups is 1. The van der Waals surface area contributed by atoms with Crippen LogP contribution in [0.15, 0.2) is 23.2 Å². The second kappa shape index (κ2) is 7.97. The van der Waals surface area contributed by atoms with Crippen LogP contribution in [0.4, 0.5) is 0 Å². The van der Waals surface area contributed by atoms with E-state index < -0.39 is 0 Å². The summed E-state index contributed by atoms with van der Waals surface area (Å²) in [5.74, 6) is 0.00604. The summed E-state index contributed by atoms with van der Waals surface area (Å²) in [7, 11) is 0. The van der Waals surface area contributed by atoms with Crippen molar-refractivity contribution < 1.29 is 9.53 Å². The van der Waals surface area contributed by atoms with Crippen LogP contribution in [-0.4, -0.2) is 71.3 Å². The molecule has 3 unspecified atom stereocenters. The quantitative estimate of drug-likeness (QED) is 0.774. The van der Waals surface area contributed by atoms with E-state index in [9.17, 15) is 4.79 Å². The molecule has 0 bridgehead atoms. The van der Waals surface area contributed by atoms with Crippen molar-refractivity contribution in [3.63, 3.8) is 0 Å². The van der Waals surface area contributed by atoms with Gasteiger partial charge in [-0.15, -0.1) is 0 Å². The summed E-state index contributed by atoms with van der Waals surface area (Å²) in [6, 6.07) is 5.91. The average Bonchev–Trinajstić information content (AvgIpc) is 3.14. The number of aliphatic imine (C=N–C) groups is 1. The Morgan fingerprint density at radius 3 is 2.93 bits per heavy atom. The molecule has 146 valence electrons. The second-order valence-electron chi connectivity index (χ2n) is 6.92. The maximum Gasteiger partial charge on any atom is 0.238 e. The first-order valence-electron chi connectivity index (χ1n) is 9.16. The Hall–Kier alpha value is -1.32. The Labute approximate surface area is 168 Å². The van der Waals surface area contributed by atoms with Crippen molar-refractivity contribution in [2.45, 2.75) is 31.0 Å². The Balaban J connectivity index is 1.62. The lowest BCUT2D eigenvalue weighted by Crippen LogP contribution is -2.64. The zero-order valence-corrected chi connectivity index (χ0v) is 16.8. The monoisotopic (exact) mass is 409 g/mol. The summed E-state index contributed by atoms with van der Waals surface area (Å²) < 4.78 is 5.43. The van der Waals surface area contributed by atoms with Crippen molar-refractivity contribution in [1.82, 2.24) is 15.1 Å². The molecule has 1 aromatic carbocycles. The number of halogens is 1. The highest BCUT2D eigenvalue weighted by Crippen LogP contribution is 2.35. The Morgan fingerprint density at radius 1 is 1.41 bits per heavy atom. The van der Waals surface area contributed by atoms with Gasteiger partial charge in [0.25, 0.3) is 0 Å². The molecule has 0 radical (unpaired) electrons. The van der Waals surface area contributed by atoms with Gasteiger partial charge in [0, 0.05) is 31.2 Å². The van der Waals surface area contributed by atoms with E-state index in [0.29, 0.717) is 26.3 Å². The Bertz CT molecular complexity index is 755. The molecule has 9 heteroatoms. The van der Waals surface area contributed by atoms with E-state index >= 15 is 0 Å². The minimum absolute atomic E-state index is 0.00604. The maximum atomic E-state index is 12.6.